The van der Waals surface area contributed by atoms with E-state index in [1.807, 2.05) is 6.07 Å². The van der Waals surface area contributed by atoms with Crippen molar-refractivity contribution in [3.05, 3.63) is 29.3 Å². The number of amides is 3. The fourth-order valence-corrected chi connectivity index (χ4v) is 5.09. The van der Waals surface area contributed by atoms with E-state index < -0.39 is 19.5 Å². The van der Waals surface area contributed by atoms with Crippen molar-refractivity contribution in [2.24, 2.45) is 0 Å². The van der Waals surface area contributed by atoms with Crippen LogP contribution in [0.5, 0.6) is 0 Å². The molecule has 3 rings (SSSR count). The Bertz CT molecular complexity index is 848. The summed E-state index contributed by atoms with van der Waals surface area (Å²) in [7, 11) is -3.12. The fraction of sp³-hybridized carbons (Fsp3) is 0.526. The van der Waals surface area contributed by atoms with Crippen molar-refractivity contribution in [2.45, 2.75) is 39.3 Å². The number of imide groups is 1. The minimum Gasteiger partial charge on any atom is -0.384 e. The Morgan fingerprint density at radius 1 is 1.21 bits per heavy atom. The summed E-state index contributed by atoms with van der Waals surface area (Å²) in [5, 5.41) is 5.48. The van der Waals surface area contributed by atoms with Crippen LogP contribution in [0.4, 0.5) is 5.69 Å². The Morgan fingerprint density at radius 2 is 1.93 bits per heavy atom. The number of carbonyl (C=O) groups is 3. The molecule has 9 nitrogen and oxygen atoms in total. The average molecular weight is 423 g/mol. The maximum absolute atomic E-state index is 12.7. The zero-order chi connectivity index (χ0) is 21.0. The second-order valence-corrected chi connectivity index (χ2v) is 9.05. The third-order valence-corrected chi connectivity index (χ3v) is 6.96. The summed E-state index contributed by atoms with van der Waals surface area (Å²) in [4.78, 5) is 37.7. The largest absolute Gasteiger partial charge is 0.384 e. The lowest BCUT2D eigenvalue weighted by Gasteiger charge is -2.29. The number of hydrogen-bond donors (Lipinski definition) is 2. The summed E-state index contributed by atoms with van der Waals surface area (Å²) in [6.45, 7) is 4.87. The van der Waals surface area contributed by atoms with E-state index in [0.717, 1.165) is 11.3 Å². The van der Waals surface area contributed by atoms with Gasteiger partial charge in [-0.25, -0.2) is 0 Å². The predicted octanol–water partition coefficient (Wildman–Crippen LogP) is 2.13. The third-order valence-electron chi connectivity index (χ3n) is 4.89. The molecule has 0 aromatic heterocycles. The molecular weight excluding hydrogens is 397 g/mol. The van der Waals surface area contributed by atoms with Gasteiger partial charge in [-0.15, -0.1) is 0 Å². The summed E-state index contributed by atoms with van der Waals surface area (Å²) in [5.41, 5.74) is 2.14. The molecule has 1 aromatic carbocycles. The van der Waals surface area contributed by atoms with Crippen molar-refractivity contribution in [2.75, 3.05) is 31.2 Å². The van der Waals surface area contributed by atoms with Crippen LogP contribution < -0.4 is 10.6 Å². The molecule has 2 heterocycles. The molecule has 10 heteroatoms. The van der Waals surface area contributed by atoms with E-state index in [1.54, 1.807) is 26.0 Å². The van der Waals surface area contributed by atoms with Crippen LogP contribution in [0.1, 0.15) is 42.6 Å². The zero-order valence-corrected chi connectivity index (χ0v) is 17.5. The van der Waals surface area contributed by atoms with Gasteiger partial charge < -0.3 is 19.3 Å². The fourth-order valence-electron chi connectivity index (χ4n) is 3.58. The highest BCUT2D eigenvalue weighted by Gasteiger charge is 2.39. The molecule has 0 saturated carbocycles. The van der Waals surface area contributed by atoms with E-state index in [9.17, 15) is 18.9 Å². The zero-order valence-electron chi connectivity index (χ0n) is 16.6. The average Bonchev–Trinajstić information content (AvgIpc) is 2.98. The predicted molar refractivity (Wildman–Crippen MR) is 107 cm³/mol. The Labute approximate surface area is 169 Å². The molecule has 2 aliphatic rings. The Hall–Kier alpha value is -2.22. The normalized spacial score (nSPS) is 19.3. The SMILES string of the molecule is CCOP(=O)(CCNc1ccc2c(c1)CN(C1CCC(=O)NC1=O)C2=O)OCC. The summed E-state index contributed by atoms with van der Waals surface area (Å²) in [5.74, 6) is -0.945. The minimum absolute atomic E-state index is 0.210. The van der Waals surface area contributed by atoms with E-state index in [-0.39, 0.29) is 24.4 Å². The molecule has 1 saturated heterocycles. The molecule has 0 bridgehead atoms. The number of rotatable bonds is 9. The van der Waals surface area contributed by atoms with E-state index in [2.05, 4.69) is 10.6 Å². The van der Waals surface area contributed by atoms with Gasteiger partial charge >= 0.3 is 7.60 Å². The highest BCUT2D eigenvalue weighted by molar-refractivity contribution is 7.53. The van der Waals surface area contributed by atoms with Gasteiger partial charge in [-0.05, 0) is 44.0 Å². The topological polar surface area (TPSA) is 114 Å². The number of carbonyl (C=O) groups excluding carboxylic acids is 3. The lowest BCUT2D eigenvalue weighted by molar-refractivity contribution is -0.136. The quantitative estimate of drug-likeness (QED) is 0.462. The van der Waals surface area contributed by atoms with Gasteiger partial charge in [-0.1, -0.05) is 0 Å². The lowest BCUT2D eigenvalue weighted by atomic mass is 10.0. The highest BCUT2D eigenvalue weighted by atomic mass is 31.2. The third kappa shape index (κ3) is 4.86. The van der Waals surface area contributed by atoms with Gasteiger partial charge in [0, 0.05) is 30.8 Å². The Balaban J connectivity index is 1.63. The van der Waals surface area contributed by atoms with Crippen molar-refractivity contribution in [3.63, 3.8) is 0 Å². The van der Waals surface area contributed by atoms with E-state index >= 15 is 0 Å². The van der Waals surface area contributed by atoms with Crippen LogP contribution in [0, 0.1) is 0 Å². The van der Waals surface area contributed by atoms with Gasteiger partial charge in [0.05, 0.1) is 19.4 Å². The number of piperidine rings is 1. The van der Waals surface area contributed by atoms with Gasteiger partial charge in [0.25, 0.3) is 5.91 Å². The van der Waals surface area contributed by atoms with E-state index in [0.29, 0.717) is 38.3 Å². The van der Waals surface area contributed by atoms with Gasteiger partial charge in [0.2, 0.25) is 11.8 Å². The molecule has 0 spiro atoms. The number of anilines is 1. The number of benzene rings is 1. The molecule has 2 N–H and O–H groups in total. The van der Waals surface area contributed by atoms with Gasteiger partial charge in [-0.2, -0.15) is 0 Å². The van der Waals surface area contributed by atoms with Gasteiger partial charge in [0.1, 0.15) is 6.04 Å². The first kappa shape index (κ1) is 21.5. The first-order chi connectivity index (χ1) is 13.9. The van der Waals surface area contributed by atoms with Crippen molar-refractivity contribution in [3.8, 4) is 0 Å². The maximum Gasteiger partial charge on any atom is 0.332 e. The van der Waals surface area contributed by atoms with Crippen LogP contribution in [-0.4, -0.2) is 54.6 Å². The summed E-state index contributed by atoms with van der Waals surface area (Å²) in [6.07, 6.45) is 0.787. The van der Waals surface area contributed by atoms with Gasteiger partial charge in [-0.3, -0.25) is 24.3 Å². The smallest absolute Gasteiger partial charge is 0.332 e. The summed E-state index contributed by atoms with van der Waals surface area (Å²) in [6, 6.07) is 4.71. The van der Waals surface area contributed by atoms with Crippen LogP contribution in [0.15, 0.2) is 18.2 Å². The van der Waals surface area contributed by atoms with Crippen LogP contribution in [-0.2, 0) is 29.7 Å². The van der Waals surface area contributed by atoms with Crippen molar-refractivity contribution < 1.29 is 28.0 Å². The van der Waals surface area contributed by atoms with Crippen LogP contribution in [0.3, 0.4) is 0 Å². The molecule has 29 heavy (non-hydrogen) atoms. The monoisotopic (exact) mass is 423 g/mol. The first-order valence-electron chi connectivity index (χ1n) is 9.76. The van der Waals surface area contributed by atoms with Crippen molar-refractivity contribution in [1.29, 1.82) is 0 Å². The van der Waals surface area contributed by atoms with Crippen LogP contribution >= 0.6 is 7.60 Å². The van der Waals surface area contributed by atoms with Crippen molar-refractivity contribution in [1.82, 2.24) is 10.2 Å². The number of fused-ring (bicyclic) bond motifs is 1. The molecule has 0 aliphatic carbocycles. The number of nitrogens with zero attached hydrogens (tertiary/aromatic N) is 1. The molecular formula is C19H26N3O6P. The molecule has 1 fully saturated rings. The maximum atomic E-state index is 12.7. The van der Waals surface area contributed by atoms with E-state index in [1.165, 1.54) is 4.90 Å². The summed E-state index contributed by atoms with van der Waals surface area (Å²) < 4.78 is 23.1. The summed E-state index contributed by atoms with van der Waals surface area (Å²) >= 11 is 0. The van der Waals surface area contributed by atoms with Crippen LogP contribution in [0.25, 0.3) is 0 Å². The second-order valence-electron chi connectivity index (χ2n) is 6.87. The lowest BCUT2D eigenvalue weighted by Crippen LogP contribution is -2.52. The van der Waals surface area contributed by atoms with E-state index in [4.69, 9.17) is 9.05 Å². The molecule has 2 aliphatic heterocycles. The molecule has 3 amide bonds. The first-order valence-corrected chi connectivity index (χ1v) is 11.5. The molecule has 1 aromatic rings. The standard InChI is InChI=1S/C19H26N3O6P/c1-3-27-29(26,28-4-2)10-9-20-14-5-6-15-13(11-14)12-22(19(15)25)16-7-8-17(23)21-18(16)24/h5-6,11,16,20H,3-4,7-10,12H2,1-2H3,(H,21,23,24). The second kappa shape index (κ2) is 9.07. The van der Waals surface area contributed by atoms with Crippen LogP contribution in [0.2, 0.25) is 0 Å². The number of nitrogens with one attached hydrogen (secondary N) is 2. The van der Waals surface area contributed by atoms with Crippen molar-refractivity contribution >= 4 is 31.0 Å². The van der Waals surface area contributed by atoms with Gasteiger partial charge in [0.15, 0.2) is 0 Å². The highest BCUT2D eigenvalue weighted by Crippen LogP contribution is 2.47. The Morgan fingerprint density at radius 3 is 2.59 bits per heavy atom. The molecule has 1 unspecified atom stereocenters. The number of hydrogen-bond acceptors (Lipinski definition) is 7. The molecule has 158 valence electrons. The molecule has 0 radical (unpaired) electrons. The minimum atomic E-state index is -3.12. The Kier molecular flexibility index (Phi) is 6.72. The molecule has 1 atom stereocenters.